The number of nitrogens with zero attached hydrogens (tertiary/aromatic N) is 1. The van der Waals surface area contributed by atoms with Crippen molar-refractivity contribution in [3.63, 3.8) is 0 Å². The SMILES string of the molecule is Cc1ccc(S(=O)(=O)N2NCc3ccc(NC(=O)c4c(F)cccc4Cl)cc32)c(C)c1. The van der Waals surface area contributed by atoms with Gasteiger partial charge >= 0.3 is 0 Å². The molecule has 0 radical (unpaired) electrons. The van der Waals surface area contributed by atoms with E-state index in [9.17, 15) is 17.6 Å². The first-order valence-electron chi connectivity index (χ1n) is 9.43. The van der Waals surface area contributed by atoms with Crippen molar-refractivity contribution in [2.75, 3.05) is 9.73 Å². The van der Waals surface area contributed by atoms with Crippen molar-refractivity contribution >= 4 is 38.9 Å². The van der Waals surface area contributed by atoms with Gasteiger partial charge in [0.25, 0.3) is 15.9 Å². The molecule has 31 heavy (non-hydrogen) atoms. The summed E-state index contributed by atoms with van der Waals surface area (Å²) < 4.78 is 41.7. The molecule has 3 aromatic carbocycles. The first-order valence-corrected chi connectivity index (χ1v) is 11.2. The molecule has 3 aromatic rings. The lowest BCUT2D eigenvalue weighted by Crippen LogP contribution is -2.38. The second kappa shape index (κ2) is 7.96. The van der Waals surface area contributed by atoms with E-state index < -0.39 is 21.7 Å². The predicted octanol–water partition coefficient (Wildman–Crippen LogP) is 4.56. The van der Waals surface area contributed by atoms with Gasteiger partial charge in [-0.2, -0.15) is 12.8 Å². The summed E-state index contributed by atoms with van der Waals surface area (Å²) in [5.41, 5.74) is 5.65. The van der Waals surface area contributed by atoms with Crippen molar-refractivity contribution in [2.45, 2.75) is 25.3 Å². The number of hydrogen-bond donors (Lipinski definition) is 2. The minimum absolute atomic E-state index is 0.0145. The molecule has 6 nitrogen and oxygen atoms in total. The predicted molar refractivity (Wildman–Crippen MR) is 118 cm³/mol. The zero-order valence-corrected chi connectivity index (χ0v) is 18.3. The number of sulfonamides is 1. The van der Waals surface area contributed by atoms with Gasteiger partial charge in [-0.05, 0) is 55.3 Å². The van der Waals surface area contributed by atoms with Crippen molar-refractivity contribution in [1.82, 2.24) is 5.43 Å². The van der Waals surface area contributed by atoms with E-state index in [-0.39, 0.29) is 15.5 Å². The molecule has 9 heteroatoms. The van der Waals surface area contributed by atoms with E-state index in [4.69, 9.17) is 11.6 Å². The van der Waals surface area contributed by atoms with Crippen LogP contribution >= 0.6 is 11.6 Å². The lowest BCUT2D eigenvalue weighted by molar-refractivity contribution is 0.102. The Labute approximate surface area is 184 Å². The normalized spacial score (nSPS) is 13.2. The second-order valence-corrected chi connectivity index (χ2v) is 9.43. The molecular weight excluding hydrogens is 441 g/mol. The lowest BCUT2D eigenvalue weighted by Gasteiger charge is -2.21. The number of carbonyl (C=O) groups excluding carboxylic acids is 1. The monoisotopic (exact) mass is 459 g/mol. The van der Waals surface area contributed by atoms with Crippen molar-refractivity contribution in [3.8, 4) is 0 Å². The van der Waals surface area contributed by atoms with Gasteiger partial charge in [-0.25, -0.2) is 9.82 Å². The molecule has 1 aliphatic rings. The number of anilines is 2. The van der Waals surface area contributed by atoms with Crippen LogP contribution in [0.5, 0.6) is 0 Å². The molecule has 0 saturated heterocycles. The van der Waals surface area contributed by atoms with Crippen LogP contribution in [0.25, 0.3) is 0 Å². The van der Waals surface area contributed by atoms with Crippen LogP contribution in [0.3, 0.4) is 0 Å². The van der Waals surface area contributed by atoms with Crippen LogP contribution < -0.4 is 15.2 Å². The lowest BCUT2D eigenvalue weighted by atomic mass is 10.1. The van der Waals surface area contributed by atoms with Gasteiger partial charge in [-0.3, -0.25) is 4.79 Å². The molecule has 0 aromatic heterocycles. The van der Waals surface area contributed by atoms with Gasteiger partial charge in [0.05, 0.1) is 21.2 Å². The van der Waals surface area contributed by atoms with Gasteiger partial charge in [-0.1, -0.05) is 41.4 Å². The number of halogens is 2. The van der Waals surface area contributed by atoms with Crippen molar-refractivity contribution < 1.29 is 17.6 Å². The summed E-state index contributed by atoms with van der Waals surface area (Å²) in [6.45, 7) is 3.95. The quantitative estimate of drug-likeness (QED) is 0.599. The van der Waals surface area contributed by atoms with Crippen LogP contribution in [-0.2, 0) is 16.6 Å². The number of carbonyl (C=O) groups is 1. The van der Waals surface area contributed by atoms with Gasteiger partial charge in [0.1, 0.15) is 5.82 Å². The summed E-state index contributed by atoms with van der Waals surface area (Å²) in [5, 5.41) is 2.57. The summed E-state index contributed by atoms with van der Waals surface area (Å²) in [6.07, 6.45) is 0. The van der Waals surface area contributed by atoms with Crippen molar-refractivity contribution in [2.24, 2.45) is 0 Å². The summed E-state index contributed by atoms with van der Waals surface area (Å²) >= 11 is 5.96. The minimum atomic E-state index is -3.88. The maximum absolute atomic E-state index is 14.1. The maximum atomic E-state index is 14.1. The Morgan fingerprint density at radius 2 is 1.90 bits per heavy atom. The highest BCUT2D eigenvalue weighted by Gasteiger charge is 2.32. The fraction of sp³-hybridized carbons (Fsp3) is 0.136. The van der Waals surface area contributed by atoms with E-state index in [1.807, 2.05) is 6.92 Å². The highest BCUT2D eigenvalue weighted by atomic mass is 35.5. The van der Waals surface area contributed by atoms with Crippen LogP contribution in [0, 0.1) is 19.7 Å². The van der Waals surface area contributed by atoms with Crippen LogP contribution in [0.4, 0.5) is 15.8 Å². The fourth-order valence-electron chi connectivity index (χ4n) is 3.53. The van der Waals surface area contributed by atoms with Gasteiger partial charge in [0.15, 0.2) is 0 Å². The zero-order valence-electron chi connectivity index (χ0n) is 16.7. The third kappa shape index (κ3) is 3.89. The van der Waals surface area contributed by atoms with E-state index in [2.05, 4.69) is 10.7 Å². The molecule has 2 N–H and O–H groups in total. The molecule has 4 rings (SSSR count). The summed E-state index contributed by atoms with van der Waals surface area (Å²) in [7, 11) is -3.88. The Morgan fingerprint density at radius 3 is 2.61 bits per heavy atom. The highest BCUT2D eigenvalue weighted by Crippen LogP contribution is 2.34. The number of hydrazine groups is 1. The third-order valence-electron chi connectivity index (χ3n) is 5.01. The molecule has 0 atom stereocenters. The van der Waals surface area contributed by atoms with Crippen LogP contribution in [-0.4, -0.2) is 14.3 Å². The molecule has 0 saturated carbocycles. The molecular formula is C22H19ClFN3O3S. The van der Waals surface area contributed by atoms with E-state index in [1.54, 1.807) is 37.3 Å². The van der Waals surface area contributed by atoms with E-state index in [0.29, 0.717) is 23.5 Å². The Bertz CT molecular complexity index is 1290. The average Bonchev–Trinajstić information content (AvgIpc) is 3.11. The topological polar surface area (TPSA) is 78.5 Å². The second-order valence-electron chi connectivity index (χ2n) is 7.27. The van der Waals surface area contributed by atoms with Crippen LogP contribution in [0.15, 0.2) is 59.5 Å². The molecule has 0 unspecified atom stereocenters. The molecule has 160 valence electrons. The van der Waals surface area contributed by atoms with E-state index in [0.717, 1.165) is 21.6 Å². The molecule has 0 bridgehead atoms. The summed E-state index contributed by atoms with van der Waals surface area (Å²) in [6, 6.07) is 14.0. The summed E-state index contributed by atoms with van der Waals surface area (Å²) in [4.78, 5) is 12.7. The van der Waals surface area contributed by atoms with Crippen LogP contribution in [0.2, 0.25) is 5.02 Å². The standard InChI is InChI=1S/C22H19ClFN3O3S/c1-13-6-9-20(14(2)10-13)31(29,30)27-19-11-16(8-7-15(19)12-25-27)26-22(28)21-17(23)4-3-5-18(21)24/h3-11,25H,12H2,1-2H3,(H,26,28). The van der Waals surface area contributed by atoms with Gasteiger partial charge in [0, 0.05) is 12.2 Å². The molecule has 0 fully saturated rings. The van der Waals surface area contributed by atoms with Crippen molar-refractivity contribution in [3.05, 3.63) is 87.7 Å². The zero-order chi connectivity index (χ0) is 22.3. The van der Waals surface area contributed by atoms with Gasteiger partial charge in [-0.15, -0.1) is 0 Å². The number of nitrogens with one attached hydrogen (secondary N) is 2. The largest absolute Gasteiger partial charge is 0.322 e. The first-order chi connectivity index (χ1) is 14.7. The fourth-order valence-corrected chi connectivity index (χ4v) is 5.35. The third-order valence-corrected chi connectivity index (χ3v) is 7.15. The number of amides is 1. The Morgan fingerprint density at radius 1 is 1.13 bits per heavy atom. The number of benzene rings is 3. The van der Waals surface area contributed by atoms with Crippen LogP contribution in [0.1, 0.15) is 27.0 Å². The Balaban J connectivity index is 1.67. The Hall–Kier alpha value is -2.94. The molecule has 1 heterocycles. The Kier molecular flexibility index (Phi) is 5.47. The highest BCUT2D eigenvalue weighted by molar-refractivity contribution is 7.92. The minimum Gasteiger partial charge on any atom is -0.322 e. The molecule has 1 aliphatic heterocycles. The molecule has 0 spiro atoms. The number of hydrogen-bond acceptors (Lipinski definition) is 4. The van der Waals surface area contributed by atoms with Crippen molar-refractivity contribution in [1.29, 1.82) is 0 Å². The number of rotatable bonds is 4. The molecule has 1 amide bonds. The maximum Gasteiger partial charge on any atom is 0.278 e. The average molecular weight is 460 g/mol. The van der Waals surface area contributed by atoms with E-state index >= 15 is 0 Å². The van der Waals surface area contributed by atoms with Gasteiger partial charge < -0.3 is 5.32 Å². The van der Waals surface area contributed by atoms with E-state index in [1.165, 1.54) is 18.2 Å². The number of aryl methyl sites for hydroxylation is 2. The number of fused-ring (bicyclic) bond motifs is 1. The smallest absolute Gasteiger partial charge is 0.278 e. The first kappa shape index (κ1) is 21.3. The summed E-state index contributed by atoms with van der Waals surface area (Å²) in [5.74, 6) is -1.47. The van der Waals surface area contributed by atoms with Gasteiger partial charge in [0.2, 0.25) is 0 Å². The molecule has 0 aliphatic carbocycles.